The Labute approximate surface area is 101 Å². The van der Waals surface area contributed by atoms with Crippen LogP contribution in [-0.4, -0.2) is 18.8 Å². The minimum Gasteiger partial charge on any atom is -0.377 e. The highest BCUT2D eigenvalue weighted by Crippen LogP contribution is 2.21. The molecule has 0 spiro atoms. The number of nitrogens with two attached hydrogens (primary N) is 1. The first-order valence-electron chi connectivity index (χ1n) is 5.67. The van der Waals surface area contributed by atoms with Gasteiger partial charge >= 0.3 is 0 Å². The molecule has 1 aromatic carbocycles. The van der Waals surface area contributed by atoms with Crippen LogP contribution in [0.25, 0.3) is 0 Å². The van der Waals surface area contributed by atoms with Crippen molar-refractivity contribution in [3.63, 3.8) is 0 Å². The van der Waals surface area contributed by atoms with Gasteiger partial charge in [-0.2, -0.15) is 0 Å². The number of halogens is 2. The van der Waals surface area contributed by atoms with Gasteiger partial charge in [-0.1, -0.05) is 6.92 Å². The Balaban J connectivity index is 2.83. The van der Waals surface area contributed by atoms with Gasteiger partial charge in [0.2, 0.25) is 0 Å². The molecule has 0 amide bonds. The smallest absolute Gasteiger partial charge is 0.126 e. The number of hydrogen-bond acceptors (Lipinski definition) is 2. The van der Waals surface area contributed by atoms with Crippen LogP contribution in [0.3, 0.4) is 0 Å². The second kappa shape index (κ2) is 5.56. The molecule has 0 aromatic heterocycles. The normalized spacial score (nSPS) is 16.6. The van der Waals surface area contributed by atoms with Crippen LogP contribution in [0.2, 0.25) is 0 Å². The van der Waals surface area contributed by atoms with Gasteiger partial charge in [0.05, 0.1) is 5.60 Å². The first-order chi connectivity index (χ1) is 7.91. The van der Waals surface area contributed by atoms with E-state index in [1.165, 1.54) is 12.1 Å². The maximum absolute atomic E-state index is 13.0. The molecule has 1 aromatic rings. The summed E-state index contributed by atoms with van der Waals surface area (Å²) in [6, 6.07) is 3.15. The molecule has 0 aliphatic carbocycles. The lowest BCUT2D eigenvalue weighted by Crippen LogP contribution is -2.48. The lowest BCUT2D eigenvalue weighted by molar-refractivity contribution is -0.0184. The van der Waals surface area contributed by atoms with Crippen LogP contribution in [0.5, 0.6) is 0 Å². The van der Waals surface area contributed by atoms with Crippen molar-refractivity contribution < 1.29 is 13.5 Å². The molecule has 2 unspecified atom stereocenters. The Morgan fingerprint density at radius 3 is 2.24 bits per heavy atom. The number of methoxy groups -OCH3 is 1. The number of ether oxygens (including phenoxy) is 1. The fourth-order valence-corrected chi connectivity index (χ4v) is 1.76. The zero-order valence-electron chi connectivity index (χ0n) is 10.5. The molecule has 0 bridgehead atoms. The molecule has 2 nitrogen and oxygen atoms in total. The fourth-order valence-electron chi connectivity index (χ4n) is 1.76. The minimum atomic E-state index is -0.581. The van der Waals surface area contributed by atoms with E-state index >= 15 is 0 Å². The molecule has 96 valence electrons. The number of rotatable bonds is 5. The van der Waals surface area contributed by atoms with Crippen molar-refractivity contribution in [2.24, 2.45) is 5.73 Å². The molecular formula is C13H19F2NO. The van der Waals surface area contributed by atoms with E-state index in [1.807, 2.05) is 13.8 Å². The Kier molecular flexibility index (Phi) is 4.60. The third kappa shape index (κ3) is 3.48. The summed E-state index contributed by atoms with van der Waals surface area (Å²) >= 11 is 0. The lowest BCUT2D eigenvalue weighted by Gasteiger charge is -2.33. The first-order valence-corrected chi connectivity index (χ1v) is 5.67. The van der Waals surface area contributed by atoms with Crippen molar-refractivity contribution in [3.8, 4) is 0 Å². The topological polar surface area (TPSA) is 35.2 Å². The molecule has 0 aliphatic rings. The van der Waals surface area contributed by atoms with Gasteiger partial charge in [-0.05, 0) is 37.5 Å². The highest BCUT2D eigenvalue weighted by atomic mass is 19.1. The van der Waals surface area contributed by atoms with Crippen molar-refractivity contribution in [3.05, 3.63) is 35.4 Å². The maximum Gasteiger partial charge on any atom is 0.126 e. The van der Waals surface area contributed by atoms with Crippen molar-refractivity contribution in [1.82, 2.24) is 0 Å². The van der Waals surface area contributed by atoms with Crippen LogP contribution in [-0.2, 0) is 11.2 Å². The van der Waals surface area contributed by atoms with Gasteiger partial charge in [0.1, 0.15) is 11.6 Å². The summed E-state index contributed by atoms with van der Waals surface area (Å²) in [6.07, 6.45) is 1.12. The van der Waals surface area contributed by atoms with E-state index in [1.54, 1.807) is 7.11 Å². The lowest BCUT2D eigenvalue weighted by atomic mass is 9.89. The predicted molar refractivity (Wildman–Crippen MR) is 63.7 cm³/mol. The van der Waals surface area contributed by atoms with E-state index in [0.717, 1.165) is 12.5 Å². The molecule has 0 fully saturated rings. The predicted octanol–water partition coefficient (Wildman–Crippen LogP) is 2.65. The van der Waals surface area contributed by atoms with Crippen LogP contribution in [0.1, 0.15) is 25.8 Å². The summed E-state index contributed by atoms with van der Waals surface area (Å²) in [5.74, 6) is -1.16. The molecule has 0 heterocycles. The van der Waals surface area contributed by atoms with Crippen molar-refractivity contribution in [1.29, 1.82) is 0 Å². The Morgan fingerprint density at radius 1 is 1.29 bits per heavy atom. The average Bonchev–Trinajstić information content (AvgIpc) is 2.26. The van der Waals surface area contributed by atoms with E-state index in [2.05, 4.69) is 0 Å². The van der Waals surface area contributed by atoms with Crippen molar-refractivity contribution in [2.75, 3.05) is 7.11 Å². The Hall–Kier alpha value is -1.00. The van der Waals surface area contributed by atoms with E-state index < -0.39 is 17.2 Å². The standard InChI is InChI=1S/C13H19F2NO/c1-4-13(2,17-3)12(16)7-9-5-10(14)8-11(15)6-9/h5-6,8,12H,4,7,16H2,1-3H3. The van der Waals surface area contributed by atoms with E-state index in [0.29, 0.717) is 12.0 Å². The molecule has 2 N–H and O–H groups in total. The van der Waals surface area contributed by atoms with Crippen LogP contribution >= 0.6 is 0 Å². The molecule has 0 saturated heterocycles. The molecule has 4 heteroatoms. The SMILES string of the molecule is CCC(C)(OC)C(N)Cc1cc(F)cc(F)c1. The van der Waals surface area contributed by atoms with Crippen molar-refractivity contribution >= 4 is 0 Å². The Bertz CT molecular complexity index is 357. The molecule has 0 radical (unpaired) electrons. The van der Waals surface area contributed by atoms with Crippen LogP contribution < -0.4 is 5.73 Å². The second-order valence-electron chi connectivity index (χ2n) is 4.46. The van der Waals surface area contributed by atoms with E-state index in [-0.39, 0.29) is 6.04 Å². The van der Waals surface area contributed by atoms with E-state index in [9.17, 15) is 8.78 Å². The van der Waals surface area contributed by atoms with E-state index in [4.69, 9.17) is 10.5 Å². The third-order valence-electron chi connectivity index (χ3n) is 3.33. The molecule has 2 atom stereocenters. The van der Waals surface area contributed by atoms with Gasteiger partial charge in [-0.15, -0.1) is 0 Å². The summed E-state index contributed by atoms with van der Waals surface area (Å²) in [7, 11) is 1.59. The highest BCUT2D eigenvalue weighted by molar-refractivity contribution is 5.19. The summed E-state index contributed by atoms with van der Waals surface area (Å²) in [6.45, 7) is 3.86. The second-order valence-corrected chi connectivity index (χ2v) is 4.46. The van der Waals surface area contributed by atoms with Gasteiger partial charge < -0.3 is 10.5 Å². The van der Waals surface area contributed by atoms with Gasteiger partial charge in [0.15, 0.2) is 0 Å². The molecule has 0 aliphatic heterocycles. The molecule has 17 heavy (non-hydrogen) atoms. The summed E-state index contributed by atoms with van der Waals surface area (Å²) in [5, 5.41) is 0. The maximum atomic E-state index is 13.0. The molecular weight excluding hydrogens is 224 g/mol. The fraction of sp³-hybridized carbons (Fsp3) is 0.538. The van der Waals surface area contributed by atoms with Gasteiger partial charge in [0.25, 0.3) is 0 Å². The molecule has 0 saturated carbocycles. The molecule has 1 rings (SSSR count). The van der Waals surface area contributed by atoms with Gasteiger partial charge in [0, 0.05) is 19.2 Å². The van der Waals surface area contributed by atoms with Gasteiger partial charge in [-0.25, -0.2) is 8.78 Å². The average molecular weight is 243 g/mol. The third-order valence-corrected chi connectivity index (χ3v) is 3.33. The zero-order valence-corrected chi connectivity index (χ0v) is 10.5. The van der Waals surface area contributed by atoms with Crippen LogP contribution in [0, 0.1) is 11.6 Å². The largest absolute Gasteiger partial charge is 0.377 e. The highest BCUT2D eigenvalue weighted by Gasteiger charge is 2.29. The monoisotopic (exact) mass is 243 g/mol. The van der Waals surface area contributed by atoms with Crippen LogP contribution in [0.15, 0.2) is 18.2 Å². The minimum absolute atomic E-state index is 0.307. The summed E-state index contributed by atoms with van der Waals surface area (Å²) in [4.78, 5) is 0. The Morgan fingerprint density at radius 2 is 1.82 bits per heavy atom. The summed E-state index contributed by atoms with van der Waals surface area (Å²) < 4.78 is 31.4. The quantitative estimate of drug-likeness (QED) is 0.862. The summed E-state index contributed by atoms with van der Waals surface area (Å²) in [5.41, 5.74) is 6.10. The van der Waals surface area contributed by atoms with Crippen molar-refractivity contribution in [2.45, 2.75) is 38.3 Å². The first kappa shape index (κ1) is 14.1. The van der Waals surface area contributed by atoms with Gasteiger partial charge in [-0.3, -0.25) is 0 Å². The number of hydrogen-bond donors (Lipinski definition) is 1. The van der Waals surface area contributed by atoms with Crippen LogP contribution in [0.4, 0.5) is 8.78 Å². The zero-order chi connectivity index (χ0) is 13.1. The number of benzene rings is 1.